The molecule has 0 atom stereocenters. The molecule has 1 heterocycles. The number of benzene rings is 3. The molecule has 1 aliphatic rings. The van der Waals surface area contributed by atoms with E-state index in [2.05, 4.69) is 0 Å². The lowest BCUT2D eigenvalue weighted by Crippen LogP contribution is -2.32. The van der Waals surface area contributed by atoms with Crippen molar-refractivity contribution in [2.45, 2.75) is 17.1 Å². The van der Waals surface area contributed by atoms with Crippen molar-refractivity contribution in [1.82, 2.24) is 0 Å². The van der Waals surface area contributed by atoms with Crippen molar-refractivity contribution in [2.75, 3.05) is 21.4 Å². The minimum absolute atomic E-state index is 0.0320. The molecular formula is C22H21Cl2N2O7PS2. The number of hydrogen-bond acceptors (Lipinski definition) is 5. The van der Waals surface area contributed by atoms with E-state index in [0.717, 1.165) is 12.1 Å². The first-order chi connectivity index (χ1) is 16.8. The van der Waals surface area contributed by atoms with E-state index in [1.54, 1.807) is 30.3 Å². The van der Waals surface area contributed by atoms with E-state index in [9.17, 15) is 31.2 Å². The molecule has 0 aliphatic carbocycles. The van der Waals surface area contributed by atoms with Gasteiger partial charge in [0.25, 0.3) is 10.0 Å². The number of anilines is 2. The van der Waals surface area contributed by atoms with Gasteiger partial charge in [-0.1, -0.05) is 53.5 Å². The molecule has 0 unspecified atom stereocenters. The third-order valence-corrected chi connectivity index (χ3v) is 10.2. The highest BCUT2D eigenvalue weighted by molar-refractivity contribution is 7.93. The molecule has 14 heteroatoms. The summed E-state index contributed by atoms with van der Waals surface area (Å²) >= 11 is 11.9. The van der Waals surface area contributed by atoms with Gasteiger partial charge in [0.15, 0.2) is 0 Å². The summed E-state index contributed by atoms with van der Waals surface area (Å²) in [6.07, 6.45) is -0.835. The third kappa shape index (κ3) is 5.89. The Morgan fingerprint density at radius 3 is 2.17 bits per heavy atom. The van der Waals surface area contributed by atoms with Gasteiger partial charge >= 0.3 is 7.60 Å². The zero-order chi connectivity index (χ0) is 26.3. The van der Waals surface area contributed by atoms with Crippen LogP contribution in [0.15, 0.2) is 71.6 Å². The van der Waals surface area contributed by atoms with E-state index in [1.165, 1.54) is 28.6 Å². The minimum Gasteiger partial charge on any atom is -0.323 e. The van der Waals surface area contributed by atoms with Crippen molar-refractivity contribution < 1.29 is 31.2 Å². The maximum absolute atomic E-state index is 13.4. The predicted octanol–water partition coefficient (Wildman–Crippen LogP) is 4.22. The van der Waals surface area contributed by atoms with Gasteiger partial charge in [0.05, 0.1) is 22.0 Å². The van der Waals surface area contributed by atoms with Crippen LogP contribution in [0, 0.1) is 0 Å². The van der Waals surface area contributed by atoms with Crippen LogP contribution in [0.4, 0.5) is 11.4 Å². The van der Waals surface area contributed by atoms with Gasteiger partial charge in [-0.2, -0.15) is 0 Å². The van der Waals surface area contributed by atoms with Crippen LogP contribution in [0.1, 0.15) is 11.1 Å². The van der Waals surface area contributed by atoms with Crippen LogP contribution >= 0.6 is 30.8 Å². The monoisotopic (exact) mass is 590 g/mol. The maximum Gasteiger partial charge on any atom is 0.345 e. The zero-order valence-corrected chi connectivity index (χ0v) is 22.6. The summed E-state index contributed by atoms with van der Waals surface area (Å²) in [7, 11) is -13.1. The highest BCUT2D eigenvalue weighted by Gasteiger charge is 2.34. The molecule has 0 spiro atoms. The lowest BCUT2D eigenvalue weighted by atomic mass is 10.1. The Morgan fingerprint density at radius 2 is 1.56 bits per heavy atom. The fourth-order valence-corrected chi connectivity index (χ4v) is 8.96. The van der Waals surface area contributed by atoms with E-state index >= 15 is 0 Å². The SMILES string of the molecule is O=P(O)(O)CN(c1ccc2c(c1)CCN2S(=O)(=O)Cc1ccccc1)S(=O)(=O)c1cc(Cl)cc(Cl)c1. The zero-order valence-electron chi connectivity index (χ0n) is 18.5. The maximum atomic E-state index is 13.4. The molecule has 3 aromatic rings. The highest BCUT2D eigenvalue weighted by Crippen LogP contribution is 2.42. The van der Waals surface area contributed by atoms with Gasteiger partial charge < -0.3 is 9.79 Å². The van der Waals surface area contributed by atoms with Gasteiger partial charge in [-0.25, -0.2) is 16.8 Å². The molecule has 192 valence electrons. The molecule has 0 saturated heterocycles. The molecule has 1 aliphatic heterocycles. The topological polar surface area (TPSA) is 132 Å². The van der Waals surface area contributed by atoms with E-state index in [-0.39, 0.29) is 32.9 Å². The van der Waals surface area contributed by atoms with Gasteiger partial charge in [0.1, 0.15) is 6.29 Å². The average Bonchev–Trinajstić information content (AvgIpc) is 3.21. The standard InChI is InChI=1S/C22H21Cl2N2O7PS2/c23-18-11-19(24)13-21(12-18)36(32,33)26(15-34(27,28)29)20-6-7-22-17(10-20)8-9-25(22)35(30,31)14-16-4-2-1-3-5-16/h1-7,10-13H,8-9,14-15H2,(H2,27,28,29). The molecule has 4 rings (SSSR count). The Morgan fingerprint density at radius 1 is 0.917 bits per heavy atom. The molecule has 9 nitrogen and oxygen atoms in total. The number of sulfonamides is 2. The number of hydrogen-bond donors (Lipinski definition) is 2. The minimum atomic E-state index is -4.85. The van der Waals surface area contributed by atoms with Crippen LogP contribution in [0.2, 0.25) is 10.0 Å². The normalized spacial score (nSPS) is 14.1. The van der Waals surface area contributed by atoms with Crippen LogP contribution in [0.3, 0.4) is 0 Å². The Balaban J connectivity index is 1.72. The van der Waals surface area contributed by atoms with Crippen molar-refractivity contribution in [3.63, 3.8) is 0 Å². The van der Waals surface area contributed by atoms with Crippen molar-refractivity contribution in [3.05, 3.63) is 87.9 Å². The molecule has 0 bridgehead atoms. The van der Waals surface area contributed by atoms with Crippen molar-refractivity contribution in [3.8, 4) is 0 Å². The summed E-state index contributed by atoms with van der Waals surface area (Å²) in [6.45, 7) is 0.156. The number of halogens is 2. The van der Waals surface area contributed by atoms with E-state index < -0.39 is 33.9 Å². The Kier molecular flexibility index (Phi) is 7.47. The van der Waals surface area contributed by atoms with Crippen LogP contribution in [-0.4, -0.2) is 39.5 Å². The lowest BCUT2D eigenvalue weighted by molar-refractivity contribution is 0.373. The Hall–Kier alpha value is -2.11. The number of rotatable bonds is 8. The van der Waals surface area contributed by atoms with Gasteiger partial charge in [-0.05, 0) is 53.9 Å². The summed E-state index contributed by atoms with van der Waals surface area (Å²) in [5, 5.41) is 0.0656. The Bertz CT molecular complexity index is 1540. The summed E-state index contributed by atoms with van der Waals surface area (Å²) in [6, 6.07) is 16.5. The van der Waals surface area contributed by atoms with Gasteiger partial charge in [-0.15, -0.1) is 0 Å². The predicted molar refractivity (Wildman–Crippen MR) is 140 cm³/mol. The number of fused-ring (bicyclic) bond motifs is 1. The molecule has 2 N–H and O–H groups in total. The number of nitrogens with zero attached hydrogens (tertiary/aromatic N) is 2. The Labute approximate surface area is 219 Å². The van der Waals surface area contributed by atoms with E-state index in [1.807, 2.05) is 0 Å². The second kappa shape index (κ2) is 9.98. The lowest BCUT2D eigenvalue weighted by Gasteiger charge is -2.26. The van der Waals surface area contributed by atoms with Crippen LogP contribution in [0.25, 0.3) is 0 Å². The molecule has 36 heavy (non-hydrogen) atoms. The smallest absolute Gasteiger partial charge is 0.323 e. The first-order valence-corrected chi connectivity index (χ1v) is 16.1. The van der Waals surface area contributed by atoms with Gasteiger partial charge in [-0.3, -0.25) is 13.2 Å². The van der Waals surface area contributed by atoms with Crippen molar-refractivity contribution in [2.24, 2.45) is 0 Å². The first-order valence-electron chi connectivity index (χ1n) is 10.5. The second-order valence-corrected chi connectivity index (χ2v) is 14.4. The van der Waals surface area contributed by atoms with Gasteiger partial charge in [0, 0.05) is 16.6 Å². The van der Waals surface area contributed by atoms with Crippen LogP contribution < -0.4 is 8.61 Å². The molecule has 3 aromatic carbocycles. The molecule has 0 aromatic heterocycles. The molecule has 0 amide bonds. The summed E-state index contributed by atoms with van der Waals surface area (Å²) in [5.74, 6) is -0.205. The van der Waals surface area contributed by atoms with E-state index in [0.29, 0.717) is 27.5 Å². The van der Waals surface area contributed by atoms with Gasteiger partial charge in [0.2, 0.25) is 10.0 Å². The summed E-state index contributed by atoms with van der Waals surface area (Å²) in [5.41, 5.74) is 1.50. The fourth-order valence-electron chi connectivity index (χ4n) is 3.93. The van der Waals surface area contributed by atoms with E-state index in [4.69, 9.17) is 23.2 Å². The quantitative estimate of drug-likeness (QED) is 0.375. The molecule has 0 saturated carbocycles. The van der Waals surface area contributed by atoms with Crippen LogP contribution in [-0.2, 0) is 36.8 Å². The second-order valence-electron chi connectivity index (χ2n) is 8.14. The first kappa shape index (κ1) is 26.9. The van der Waals surface area contributed by atoms with Crippen molar-refractivity contribution in [1.29, 1.82) is 0 Å². The molecular weight excluding hydrogens is 570 g/mol. The molecule has 0 radical (unpaired) electrons. The largest absolute Gasteiger partial charge is 0.345 e. The average molecular weight is 591 g/mol. The highest BCUT2D eigenvalue weighted by atomic mass is 35.5. The third-order valence-electron chi connectivity index (χ3n) is 5.47. The summed E-state index contributed by atoms with van der Waals surface area (Å²) < 4.78 is 66.7. The molecule has 0 fully saturated rings. The van der Waals surface area contributed by atoms with Crippen LogP contribution in [0.5, 0.6) is 0 Å². The fraction of sp³-hybridized carbons (Fsp3) is 0.182. The summed E-state index contributed by atoms with van der Waals surface area (Å²) in [4.78, 5) is 18.9. The van der Waals surface area contributed by atoms with Crippen molar-refractivity contribution >= 4 is 62.2 Å².